The molecule has 0 aromatic carbocycles. The fourth-order valence-corrected chi connectivity index (χ4v) is 1.40. The fourth-order valence-electron chi connectivity index (χ4n) is 1.20. The lowest BCUT2D eigenvalue weighted by molar-refractivity contribution is -0.134. The van der Waals surface area contributed by atoms with Crippen LogP contribution in [-0.2, 0) is 18.7 Å². The minimum Gasteiger partial charge on any atom is -0.529 e. The summed E-state index contributed by atoms with van der Waals surface area (Å²) in [7, 11) is 3.83. The Balaban J connectivity index is 3.37. The lowest BCUT2D eigenvalue weighted by Gasteiger charge is -2.13. The minimum atomic E-state index is -0.0858. The van der Waals surface area contributed by atoms with Gasteiger partial charge in [-0.2, -0.15) is 0 Å². The van der Waals surface area contributed by atoms with Gasteiger partial charge in [-0.15, -0.1) is 0 Å². The van der Waals surface area contributed by atoms with Crippen LogP contribution in [-0.4, -0.2) is 43.4 Å². The van der Waals surface area contributed by atoms with Crippen LogP contribution in [0, 0.1) is 0 Å². The predicted octanol–water partition coefficient (Wildman–Crippen LogP) is 0.0318. The summed E-state index contributed by atoms with van der Waals surface area (Å²) in [6, 6.07) is 0. The Morgan fingerprint density at radius 1 is 1.36 bits per heavy atom. The van der Waals surface area contributed by atoms with Crippen molar-refractivity contribution in [3.05, 3.63) is 0 Å². The van der Waals surface area contributed by atoms with Crippen LogP contribution in [0.25, 0.3) is 0 Å². The summed E-state index contributed by atoms with van der Waals surface area (Å²) in [5.74, 6) is -0.0858. The minimum absolute atomic E-state index is 0.0858. The number of methoxy groups -OCH3 is 2. The van der Waals surface area contributed by atoms with E-state index >= 15 is 0 Å². The Morgan fingerprint density at radius 3 is 2.57 bits per heavy atom. The first kappa shape index (κ1) is 13.6. The number of rotatable bonds is 8. The van der Waals surface area contributed by atoms with E-state index in [0.717, 1.165) is 19.3 Å². The molecular weight excluding hydrogens is 200 g/mol. The van der Waals surface area contributed by atoms with Crippen LogP contribution in [0.2, 0.25) is 0 Å². The topological polar surface area (TPSA) is 44.8 Å². The van der Waals surface area contributed by atoms with Crippen molar-refractivity contribution in [1.29, 1.82) is 0 Å². The van der Waals surface area contributed by atoms with Gasteiger partial charge in [0.2, 0.25) is 10.5 Å². The molecule has 84 valence electrons. The van der Waals surface area contributed by atoms with Gasteiger partial charge in [-0.3, -0.25) is 4.79 Å². The Labute approximate surface area is 88.5 Å². The van der Waals surface area contributed by atoms with Gasteiger partial charge in [-0.05, 0) is 12.8 Å². The third kappa shape index (κ3) is 7.05. The van der Waals surface area contributed by atoms with E-state index in [-0.39, 0.29) is 12.1 Å². The predicted molar refractivity (Wildman–Crippen MR) is 57.2 cm³/mol. The van der Waals surface area contributed by atoms with Crippen LogP contribution in [0.3, 0.4) is 0 Å². The van der Waals surface area contributed by atoms with Crippen LogP contribution in [0.1, 0.15) is 25.7 Å². The lowest BCUT2D eigenvalue weighted by atomic mass is 10.1. The van der Waals surface area contributed by atoms with Crippen molar-refractivity contribution in [1.82, 2.24) is 0 Å². The monoisotopic (exact) mass is 220 g/mol. The standard InChI is InChI=1S/C9H20O4Si/c1-11-7-8(12-2)5-3-4-6-9(10)13-14/h8H,3-7H2,1-2,14H3. The number of hydrogen-bond acceptors (Lipinski definition) is 4. The zero-order valence-electron chi connectivity index (χ0n) is 9.25. The van der Waals surface area contributed by atoms with E-state index in [1.807, 2.05) is 0 Å². The van der Waals surface area contributed by atoms with Crippen molar-refractivity contribution in [2.75, 3.05) is 20.8 Å². The van der Waals surface area contributed by atoms with Gasteiger partial charge >= 0.3 is 0 Å². The van der Waals surface area contributed by atoms with Gasteiger partial charge in [0, 0.05) is 20.6 Å². The average molecular weight is 220 g/mol. The molecule has 0 aliphatic rings. The summed E-state index contributed by atoms with van der Waals surface area (Å²) < 4.78 is 14.8. The molecule has 0 aromatic rings. The summed E-state index contributed by atoms with van der Waals surface area (Å²) in [5, 5.41) is 0. The van der Waals surface area contributed by atoms with Crippen molar-refractivity contribution < 1.29 is 18.7 Å². The molecule has 0 saturated heterocycles. The molecule has 0 fully saturated rings. The highest BCUT2D eigenvalue weighted by molar-refractivity contribution is 6.05. The zero-order valence-corrected chi connectivity index (χ0v) is 11.2. The molecule has 0 aliphatic carbocycles. The highest BCUT2D eigenvalue weighted by atomic mass is 28.2. The van der Waals surface area contributed by atoms with Gasteiger partial charge < -0.3 is 13.9 Å². The molecular formula is C9H20O4Si. The molecule has 0 N–H and O–H groups in total. The van der Waals surface area contributed by atoms with Gasteiger partial charge in [0.15, 0.2) is 0 Å². The van der Waals surface area contributed by atoms with Crippen LogP contribution >= 0.6 is 0 Å². The number of hydrogen-bond donors (Lipinski definition) is 0. The Morgan fingerprint density at radius 2 is 2.07 bits per heavy atom. The number of carbonyl (C=O) groups is 1. The lowest BCUT2D eigenvalue weighted by Crippen LogP contribution is -2.17. The first-order chi connectivity index (χ1) is 6.74. The molecule has 0 amide bonds. The van der Waals surface area contributed by atoms with E-state index in [4.69, 9.17) is 9.47 Å². The van der Waals surface area contributed by atoms with E-state index in [0.29, 0.717) is 23.5 Å². The Bertz CT molecular complexity index is 152. The van der Waals surface area contributed by atoms with Crippen molar-refractivity contribution in [2.45, 2.75) is 31.8 Å². The third-order valence-electron chi connectivity index (χ3n) is 2.07. The molecule has 0 heterocycles. The molecule has 1 atom stereocenters. The molecule has 5 heteroatoms. The molecule has 0 spiro atoms. The molecule has 1 unspecified atom stereocenters. The largest absolute Gasteiger partial charge is 0.529 e. The van der Waals surface area contributed by atoms with Crippen LogP contribution < -0.4 is 0 Å². The summed E-state index contributed by atoms with van der Waals surface area (Å²) in [6.07, 6.45) is 3.43. The normalized spacial score (nSPS) is 12.7. The SMILES string of the molecule is COCC(CCCCC(=O)O[SiH3])OC. The first-order valence-corrected chi connectivity index (χ1v) is 5.64. The number of ether oxygens (including phenoxy) is 2. The Kier molecular flexibility index (Phi) is 8.92. The smallest absolute Gasteiger partial charge is 0.291 e. The molecule has 0 rings (SSSR count). The van der Waals surface area contributed by atoms with Crippen molar-refractivity contribution >= 4 is 16.5 Å². The quantitative estimate of drug-likeness (QED) is 0.428. The summed E-state index contributed by atoms with van der Waals surface area (Å²) in [5.41, 5.74) is 0. The van der Waals surface area contributed by atoms with Gasteiger partial charge in [-0.1, -0.05) is 6.42 Å². The van der Waals surface area contributed by atoms with Gasteiger partial charge in [-0.25, -0.2) is 0 Å². The zero-order chi connectivity index (χ0) is 10.8. The molecule has 0 radical (unpaired) electrons. The van der Waals surface area contributed by atoms with Gasteiger partial charge in [0.05, 0.1) is 12.7 Å². The summed E-state index contributed by atoms with van der Waals surface area (Å²) in [4.78, 5) is 10.8. The number of carbonyl (C=O) groups excluding carboxylic acids is 1. The maximum Gasteiger partial charge on any atom is 0.291 e. The van der Waals surface area contributed by atoms with Crippen molar-refractivity contribution in [3.8, 4) is 0 Å². The van der Waals surface area contributed by atoms with E-state index < -0.39 is 0 Å². The molecule has 0 saturated carbocycles. The van der Waals surface area contributed by atoms with Crippen LogP contribution in [0.5, 0.6) is 0 Å². The maximum atomic E-state index is 10.8. The summed E-state index contributed by atoms with van der Waals surface area (Å²) >= 11 is 0. The van der Waals surface area contributed by atoms with Crippen LogP contribution in [0.4, 0.5) is 0 Å². The Hall–Kier alpha value is -0.393. The molecule has 0 aliphatic heterocycles. The van der Waals surface area contributed by atoms with E-state index in [1.165, 1.54) is 0 Å². The average Bonchev–Trinajstić information content (AvgIpc) is 2.22. The molecule has 0 bridgehead atoms. The van der Waals surface area contributed by atoms with E-state index in [9.17, 15) is 4.79 Å². The van der Waals surface area contributed by atoms with E-state index in [2.05, 4.69) is 4.43 Å². The fraction of sp³-hybridized carbons (Fsp3) is 0.889. The molecule has 0 aromatic heterocycles. The highest BCUT2D eigenvalue weighted by Crippen LogP contribution is 2.07. The highest BCUT2D eigenvalue weighted by Gasteiger charge is 2.06. The first-order valence-electron chi connectivity index (χ1n) is 4.83. The van der Waals surface area contributed by atoms with Crippen molar-refractivity contribution in [3.63, 3.8) is 0 Å². The second-order valence-corrected chi connectivity index (χ2v) is 3.54. The van der Waals surface area contributed by atoms with Crippen LogP contribution in [0.15, 0.2) is 0 Å². The molecule has 14 heavy (non-hydrogen) atoms. The third-order valence-corrected chi connectivity index (χ3v) is 2.53. The maximum absolute atomic E-state index is 10.8. The second kappa shape index (κ2) is 9.17. The van der Waals surface area contributed by atoms with Gasteiger partial charge in [0.25, 0.3) is 5.97 Å². The van der Waals surface area contributed by atoms with E-state index in [1.54, 1.807) is 14.2 Å². The van der Waals surface area contributed by atoms with Gasteiger partial charge in [0.1, 0.15) is 0 Å². The second-order valence-electron chi connectivity index (χ2n) is 3.13. The molecule has 4 nitrogen and oxygen atoms in total. The van der Waals surface area contributed by atoms with Crippen molar-refractivity contribution in [2.24, 2.45) is 0 Å². The summed E-state index contributed by atoms with van der Waals surface area (Å²) in [6.45, 7) is 0.613. The number of unbranched alkanes of at least 4 members (excludes halogenated alkanes) is 1.